The highest BCUT2D eigenvalue weighted by atomic mass is 79.9. The zero-order valence-electron chi connectivity index (χ0n) is 11.7. The Morgan fingerprint density at radius 3 is 2.32 bits per heavy atom. The van der Waals surface area contributed by atoms with E-state index in [9.17, 15) is 0 Å². The second-order valence-electron chi connectivity index (χ2n) is 5.24. The van der Waals surface area contributed by atoms with Crippen LogP contribution in [0.1, 0.15) is 28.7 Å². The Bertz CT molecular complexity index is 516. The fourth-order valence-electron chi connectivity index (χ4n) is 2.26. The average Bonchev–Trinajstić information content (AvgIpc) is 2.42. The smallest absolute Gasteiger partial charge is 0.0189 e. The average molecular weight is 317 g/mol. The zero-order valence-corrected chi connectivity index (χ0v) is 13.3. The Morgan fingerprint density at radius 2 is 1.63 bits per heavy atom. The van der Waals surface area contributed by atoms with Crippen molar-refractivity contribution in [3.05, 3.63) is 70.8 Å². The molecule has 0 aliphatic carbocycles. The van der Waals surface area contributed by atoms with Crippen molar-refractivity contribution in [2.45, 2.75) is 37.9 Å². The van der Waals surface area contributed by atoms with Gasteiger partial charge in [0, 0.05) is 4.83 Å². The van der Waals surface area contributed by atoms with E-state index in [4.69, 9.17) is 0 Å². The van der Waals surface area contributed by atoms with Crippen molar-refractivity contribution < 1.29 is 0 Å². The first kappa shape index (κ1) is 14.3. The van der Waals surface area contributed by atoms with Crippen LogP contribution in [0.15, 0.2) is 48.5 Å². The molecule has 2 aromatic rings. The summed E-state index contributed by atoms with van der Waals surface area (Å²) in [5.74, 6) is 0. The highest BCUT2D eigenvalue weighted by Crippen LogP contribution is 2.18. The normalized spacial score (nSPS) is 12.4. The summed E-state index contributed by atoms with van der Waals surface area (Å²) in [6, 6.07) is 17.5. The van der Waals surface area contributed by atoms with Crippen LogP contribution in [0.4, 0.5) is 0 Å². The molecule has 0 spiro atoms. The van der Waals surface area contributed by atoms with Gasteiger partial charge in [0.1, 0.15) is 0 Å². The van der Waals surface area contributed by atoms with Crippen molar-refractivity contribution >= 4 is 15.9 Å². The Kier molecular flexibility index (Phi) is 5.21. The first-order valence-corrected chi connectivity index (χ1v) is 7.81. The molecule has 0 radical (unpaired) electrons. The molecule has 1 atom stereocenters. The van der Waals surface area contributed by atoms with Crippen LogP contribution >= 0.6 is 15.9 Å². The molecule has 0 N–H and O–H groups in total. The molecule has 0 aliphatic rings. The molecule has 2 rings (SSSR count). The summed E-state index contributed by atoms with van der Waals surface area (Å²) < 4.78 is 0. The maximum Gasteiger partial charge on any atom is 0.0189 e. The number of alkyl halides is 1. The minimum Gasteiger partial charge on any atom is -0.0887 e. The van der Waals surface area contributed by atoms with E-state index in [1.54, 1.807) is 0 Å². The SMILES string of the molecule is Cc1ccc(CC(Br)CCc2ccccc2)cc1C. The van der Waals surface area contributed by atoms with Crippen LogP contribution in [0.3, 0.4) is 0 Å². The van der Waals surface area contributed by atoms with E-state index in [1.165, 1.54) is 28.7 Å². The van der Waals surface area contributed by atoms with Gasteiger partial charge >= 0.3 is 0 Å². The third kappa shape index (κ3) is 4.50. The monoisotopic (exact) mass is 316 g/mol. The number of hydrogen-bond acceptors (Lipinski definition) is 0. The first-order valence-electron chi connectivity index (χ1n) is 6.89. The van der Waals surface area contributed by atoms with Crippen LogP contribution in [0.2, 0.25) is 0 Å². The number of halogens is 1. The topological polar surface area (TPSA) is 0 Å². The molecule has 1 heteroatoms. The molecule has 0 heterocycles. The van der Waals surface area contributed by atoms with Crippen molar-refractivity contribution in [3.63, 3.8) is 0 Å². The lowest BCUT2D eigenvalue weighted by Crippen LogP contribution is -2.05. The standard InChI is InChI=1S/C18H21Br/c1-14-8-9-17(12-15(14)2)13-18(19)11-10-16-6-4-3-5-7-16/h3-9,12,18H,10-11,13H2,1-2H3. The molecular formula is C18H21Br. The van der Waals surface area contributed by atoms with Crippen molar-refractivity contribution in [2.24, 2.45) is 0 Å². The zero-order chi connectivity index (χ0) is 13.7. The molecule has 19 heavy (non-hydrogen) atoms. The molecule has 1 unspecified atom stereocenters. The Labute approximate surface area is 125 Å². The van der Waals surface area contributed by atoms with E-state index in [0.717, 1.165) is 12.8 Å². The second kappa shape index (κ2) is 6.91. The summed E-state index contributed by atoms with van der Waals surface area (Å²) in [5, 5.41) is 0. The minimum absolute atomic E-state index is 0.551. The Hall–Kier alpha value is -1.08. The fourth-order valence-corrected chi connectivity index (χ4v) is 2.86. The molecular weight excluding hydrogens is 296 g/mol. The summed E-state index contributed by atoms with van der Waals surface area (Å²) in [5.41, 5.74) is 5.62. The maximum atomic E-state index is 3.82. The third-order valence-corrected chi connectivity index (χ3v) is 4.40. The highest BCUT2D eigenvalue weighted by molar-refractivity contribution is 9.09. The van der Waals surface area contributed by atoms with Crippen molar-refractivity contribution in [2.75, 3.05) is 0 Å². The molecule has 0 amide bonds. The molecule has 0 aromatic heterocycles. The number of hydrogen-bond donors (Lipinski definition) is 0. The van der Waals surface area contributed by atoms with Gasteiger partial charge in [-0.25, -0.2) is 0 Å². The Balaban J connectivity index is 1.87. The summed E-state index contributed by atoms with van der Waals surface area (Å²) in [6.45, 7) is 4.35. The molecule has 0 fully saturated rings. The van der Waals surface area contributed by atoms with E-state index in [1.807, 2.05) is 0 Å². The van der Waals surface area contributed by atoms with Gasteiger partial charge in [0.15, 0.2) is 0 Å². The van der Waals surface area contributed by atoms with Crippen LogP contribution in [0.25, 0.3) is 0 Å². The van der Waals surface area contributed by atoms with E-state index >= 15 is 0 Å². The van der Waals surface area contributed by atoms with Crippen LogP contribution in [0.5, 0.6) is 0 Å². The lowest BCUT2D eigenvalue weighted by atomic mass is 10.0. The van der Waals surface area contributed by atoms with E-state index in [-0.39, 0.29) is 0 Å². The van der Waals surface area contributed by atoms with Crippen LogP contribution in [0, 0.1) is 13.8 Å². The van der Waals surface area contributed by atoms with Gasteiger partial charge in [0.2, 0.25) is 0 Å². The fraction of sp³-hybridized carbons (Fsp3) is 0.333. The van der Waals surface area contributed by atoms with Crippen LogP contribution < -0.4 is 0 Å². The molecule has 0 saturated carbocycles. The molecule has 2 aromatic carbocycles. The van der Waals surface area contributed by atoms with Gasteiger partial charge < -0.3 is 0 Å². The van der Waals surface area contributed by atoms with Crippen molar-refractivity contribution in [3.8, 4) is 0 Å². The number of benzene rings is 2. The Morgan fingerprint density at radius 1 is 0.895 bits per heavy atom. The van der Waals surface area contributed by atoms with Crippen molar-refractivity contribution in [1.29, 1.82) is 0 Å². The van der Waals surface area contributed by atoms with Gasteiger partial charge in [-0.2, -0.15) is 0 Å². The van der Waals surface area contributed by atoms with Gasteiger partial charge in [-0.15, -0.1) is 0 Å². The van der Waals surface area contributed by atoms with Crippen LogP contribution in [-0.2, 0) is 12.8 Å². The predicted octanol–water partition coefficient (Wildman–Crippen LogP) is 5.24. The van der Waals surface area contributed by atoms with Gasteiger partial charge in [0.05, 0.1) is 0 Å². The third-order valence-electron chi connectivity index (χ3n) is 3.62. The lowest BCUT2D eigenvalue weighted by molar-refractivity contribution is 0.763. The predicted molar refractivity (Wildman–Crippen MR) is 87.1 cm³/mol. The molecule has 0 saturated heterocycles. The minimum atomic E-state index is 0.551. The molecule has 0 bridgehead atoms. The largest absolute Gasteiger partial charge is 0.0887 e. The summed E-state index contributed by atoms with van der Waals surface area (Å²) in [7, 11) is 0. The van der Waals surface area contributed by atoms with Gasteiger partial charge in [-0.3, -0.25) is 0 Å². The van der Waals surface area contributed by atoms with Gasteiger partial charge in [-0.1, -0.05) is 64.5 Å². The number of aryl methyl sites for hydroxylation is 3. The molecule has 0 nitrogen and oxygen atoms in total. The summed E-state index contributed by atoms with van der Waals surface area (Å²) in [6.07, 6.45) is 3.42. The molecule has 100 valence electrons. The van der Waals surface area contributed by atoms with Gasteiger partial charge in [-0.05, 0) is 55.4 Å². The first-order chi connectivity index (χ1) is 9.15. The maximum absolute atomic E-state index is 3.82. The number of rotatable bonds is 5. The van der Waals surface area contributed by atoms with E-state index < -0.39 is 0 Å². The van der Waals surface area contributed by atoms with Crippen LogP contribution in [-0.4, -0.2) is 4.83 Å². The van der Waals surface area contributed by atoms with E-state index in [2.05, 4.69) is 78.3 Å². The lowest BCUT2D eigenvalue weighted by Gasteiger charge is -2.11. The summed E-state index contributed by atoms with van der Waals surface area (Å²) in [4.78, 5) is 0.551. The highest BCUT2D eigenvalue weighted by Gasteiger charge is 2.06. The van der Waals surface area contributed by atoms with Gasteiger partial charge in [0.25, 0.3) is 0 Å². The quantitative estimate of drug-likeness (QED) is 0.661. The van der Waals surface area contributed by atoms with Crippen molar-refractivity contribution in [1.82, 2.24) is 0 Å². The second-order valence-corrected chi connectivity index (χ2v) is 6.54. The van der Waals surface area contributed by atoms with E-state index in [0.29, 0.717) is 4.83 Å². The molecule has 0 aliphatic heterocycles. The summed E-state index contributed by atoms with van der Waals surface area (Å²) >= 11 is 3.82.